The van der Waals surface area contributed by atoms with Crippen LogP contribution in [0.5, 0.6) is 11.5 Å². The van der Waals surface area contributed by atoms with Crippen molar-refractivity contribution in [1.82, 2.24) is 5.32 Å². The van der Waals surface area contributed by atoms with Crippen molar-refractivity contribution in [2.75, 3.05) is 20.3 Å². The molecule has 0 saturated carbocycles. The molecule has 3 rings (SSSR count). The van der Waals surface area contributed by atoms with E-state index in [9.17, 15) is 0 Å². The van der Waals surface area contributed by atoms with Crippen molar-refractivity contribution >= 4 is 11.6 Å². The minimum Gasteiger partial charge on any atom is -0.493 e. The Balaban J connectivity index is 2.20. The van der Waals surface area contributed by atoms with E-state index >= 15 is 0 Å². The van der Waals surface area contributed by atoms with Crippen molar-refractivity contribution in [3.05, 3.63) is 21.7 Å². The Hall–Kier alpha value is -0.930. The normalized spacial score (nSPS) is 17.4. The molecule has 0 amide bonds. The average Bonchev–Trinajstić information content (AvgIpc) is 2.43. The zero-order valence-electron chi connectivity index (χ0n) is 10.6. The predicted molar refractivity (Wildman–Crippen MR) is 71.8 cm³/mol. The van der Waals surface area contributed by atoms with Gasteiger partial charge in [0, 0.05) is 23.2 Å². The first-order valence-corrected chi connectivity index (χ1v) is 6.97. The van der Waals surface area contributed by atoms with Gasteiger partial charge in [0.05, 0.1) is 18.2 Å². The molecular weight excluding hydrogens is 250 g/mol. The van der Waals surface area contributed by atoms with Crippen LogP contribution >= 0.6 is 11.6 Å². The van der Waals surface area contributed by atoms with E-state index in [0.717, 1.165) is 67.5 Å². The topological polar surface area (TPSA) is 30.5 Å². The zero-order valence-corrected chi connectivity index (χ0v) is 11.4. The monoisotopic (exact) mass is 267 g/mol. The van der Waals surface area contributed by atoms with E-state index in [4.69, 9.17) is 21.1 Å². The number of ether oxygens (including phenoxy) is 2. The summed E-state index contributed by atoms with van der Waals surface area (Å²) in [7, 11) is 1.96. The molecule has 2 aliphatic rings. The quantitative estimate of drug-likeness (QED) is 0.894. The molecule has 4 heteroatoms. The van der Waals surface area contributed by atoms with E-state index in [1.54, 1.807) is 0 Å². The largest absolute Gasteiger partial charge is 0.493 e. The SMILES string of the molecule is CNCc1c2c(c(Cl)c3c1OCCC3)OCCC2. The second-order valence-corrected chi connectivity index (χ2v) is 5.22. The van der Waals surface area contributed by atoms with Crippen molar-refractivity contribution < 1.29 is 9.47 Å². The van der Waals surface area contributed by atoms with Gasteiger partial charge < -0.3 is 14.8 Å². The molecule has 0 saturated heterocycles. The summed E-state index contributed by atoms with van der Waals surface area (Å²) < 4.78 is 11.7. The van der Waals surface area contributed by atoms with Crippen LogP contribution in [0.2, 0.25) is 5.02 Å². The van der Waals surface area contributed by atoms with Crippen LogP contribution < -0.4 is 14.8 Å². The molecule has 1 N–H and O–H groups in total. The van der Waals surface area contributed by atoms with Crippen molar-refractivity contribution in [2.24, 2.45) is 0 Å². The molecule has 1 aromatic rings. The minimum atomic E-state index is 0.769. The lowest BCUT2D eigenvalue weighted by Gasteiger charge is -2.29. The first kappa shape index (κ1) is 12.1. The van der Waals surface area contributed by atoms with Gasteiger partial charge >= 0.3 is 0 Å². The lowest BCUT2D eigenvalue weighted by Crippen LogP contribution is -2.20. The molecule has 18 heavy (non-hydrogen) atoms. The molecule has 0 unspecified atom stereocenters. The third kappa shape index (κ3) is 1.86. The van der Waals surface area contributed by atoms with Gasteiger partial charge in [0.15, 0.2) is 0 Å². The number of hydrogen-bond acceptors (Lipinski definition) is 3. The molecule has 0 atom stereocenters. The summed E-state index contributed by atoms with van der Waals surface area (Å²) in [6.07, 6.45) is 4.10. The van der Waals surface area contributed by atoms with Gasteiger partial charge in [-0.05, 0) is 32.7 Å². The molecule has 1 aromatic carbocycles. The number of nitrogens with one attached hydrogen (secondary N) is 1. The molecule has 2 aliphatic heterocycles. The van der Waals surface area contributed by atoms with Crippen LogP contribution in [0.25, 0.3) is 0 Å². The standard InChI is InChI=1S/C14H18ClNO2/c1-16-8-11-9-4-2-7-18-14(9)12(15)10-5-3-6-17-13(10)11/h16H,2-8H2,1H3. The highest BCUT2D eigenvalue weighted by Gasteiger charge is 2.27. The molecule has 0 aliphatic carbocycles. The highest BCUT2D eigenvalue weighted by atomic mass is 35.5. The molecular formula is C14H18ClNO2. The third-order valence-corrected chi connectivity index (χ3v) is 4.04. The van der Waals surface area contributed by atoms with E-state index in [2.05, 4.69) is 5.32 Å². The van der Waals surface area contributed by atoms with E-state index < -0.39 is 0 Å². The fourth-order valence-electron chi connectivity index (χ4n) is 2.85. The summed E-state index contributed by atoms with van der Waals surface area (Å²) in [4.78, 5) is 0. The molecule has 3 nitrogen and oxygen atoms in total. The van der Waals surface area contributed by atoms with E-state index in [-0.39, 0.29) is 0 Å². The Bertz CT molecular complexity index is 436. The summed E-state index contributed by atoms with van der Waals surface area (Å²) in [5, 5.41) is 4.00. The fourth-order valence-corrected chi connectivity index (χ4v) is 3.20. The Morgan fingerprint density at radius 2 is 1.72 bits per heavy atom. The maximum absolute atomic E-state index is 6.49. The Morgan fingerprint density at radius 3 is 2.44 bits per heavy atom. The highest BCUT2D eigenvalue weighted by Crippen LogP contribution is 2.46. The molecule has 0 spiro atoms. The van der Waals surface area contributed by atoms with Gasteiger partial charge in [-0.25, -0.2) is 0 Å². The maximum Gasteiger partial charge on any atom is 0.141 e. The third-order valence-electron chi connectivity index (χ3n) is 3.64. The predicted octanol–water partition coefficient (Wildman–Crippen LogP) is 2.71. The van der Waals surface area contributed by atoms with Gasteiger partial charge in [0.1, 0.15) is 11.5 Å². The van der Waals surface area contributed by atoms with Crippen molar-refractivity contribution in [1.29, 1.82) is 0 Å². The van der Waals surface area contributed by atoms with E-state index in [0.29, 0.717) is 0 Å². The minimum absolute atomic E-state index is 0.769. The van der Waals surface area contributed by atoms with Crippen LogP contribution in [-0.4, -0.2) is 20.3 Å². The smallest absolute Gasteiger partial charge is 0.141 e. The van der Waals surface area contributed by atoms with Gasteiger partial charge in [0.25, 0.3) is 0 Å². The van der Waals surface area contributed by atoms with Crippen molar-refractivity contribution in [3.63, 3.8) is 0 Å². The Labute approximate surface area is 112 Å². The number of fused-ring (bicyclic) bond motifs is 2. The number of hydrogen-bond donors (Lipinski definition) is 1. The second kappa shape index (κ2) is 4.98. The average molecular weight is 268 g/mol. The summed E-state index contributed by atoms with van der Waals surface area (Å²) in [5.74, 6) is 1.90. The van der Waals surface area contributed by atoms with Gasteiger partial charge in [-0.3, -0.25) is 0 Å². The molecule has 0 aromatic heterocycles. The zero-order chi connectivity index (χ0) is 12.5. The summed E-state index contributed by atoms with van der Waals surface area (Å²) in [6, 6.07) is 0. The van der Waals surface area contributed by atoms with E-state index in [1.165, 1.54) is 11.1 Å². The van der Waals surface area contributed by atoms with Gasteiger partial charge in [0.2, 0.25) is 0 Å². The lowest BCUT2D eigenvalue weighted by molar-refractivity contribution is 0.269. The van der Waals surface area contributed by atoms with Crippen LogP contribution in [-0.2, 0) is 19.4 Å². The number of halogens is 1. The molecule has 0 fully saturated rings. The summed E-state index contributed by atoms with van der Waals surface area (Å²) in [5.41, 5.74) is 3.61. The van der Waals surface area contributed by atoms with Gasteiger partial charge in [-0.2, -0.15) is 0 Å². The number of rotatable bonds is 2. The van der Waals surface area contributed by atoms with Crippen molar-refractivity contribution in [3.8, 4) is 11.5 Å². The van der Waals surface area contributed by atoms with Crippen LogP contribution in [0.15, 0.2) is 0 Å². The highest BCUT2D eigenvalue weighted by molar-refractivity contribution is 6.33. The first-order valence-electron chi connectivity index (χ1n) is 6.59. The fraction of sp³-hybridized carbons (Fsp3) is 0.571. The molecule has 98 valence electrons. The van der Waals surface area contributed by atoms with Crippen LogP contribution in [0.4, 0.5) is 0 Å². The maximum atomic E-state index is 6.49. The van der Waals surface area contributed by atoms with Gasteiger partial charge in [-0.1, -0.05) is 11.6 Å². The molecule has 2 heterocycles. The Morgan fingerprint density at radius 1 is 1.06 bits per heavy atom. The van der Waals surface area contributed by atoms with E-state index in [1.807, 2.05) is 7.05 Å². The lowest BCUT2D eigenvalue weighted by atomic mass is 9.93. The van der Waals surface area contributed by atoms with Crippen molar-refractivity contribution in [2.45, 2.75) is 32.2 Å². The van der Waals surface area contributed by atoms with Crippen LogP contribution in [0.3, 0.4) is 0 Å². The molecule has 0 radical (unpaired) electrons. The summed E-state index contributed by atoms with van der Waals surface area (Å²) in [6.45, 7) is 2.37. The van der Waals surface area contributed by atoms with Crippen LogP contribution in [0, 0.1) is 0 Å². The first-order chi connectivity index (χ1) is 8.83. The molecule has 0 bridgehead atoms. The summed E-state index contributed by atoms with van der Waals surface area (Å²) >= 11 is 6.49. The van der Waals surface area contributed by atoms with Gasteiger partial charge in [-0.15, -0.1) is 0 Å². The second-order valence-electron chi connectivity index (χ2n) is 4.84. The number of benzene rings is 1. The Kier molecular flexibility index (Phi) is 3.35. The van der Waals surface area contributed by atoms with Crippen LogP contribution in [0.1, 0.15) is 29.5 Å².